The number of carbonyl (C=O) groups is 3. The molecule has 102 valence electrons. The van der Waals surface area contributed by atoms with E-state index in [0.717, 1.165) is 0 Å². The molecule has 18 heavy (non-hydrogen) atoms. The molecule has 0 spiro atoms. The molecule has 5 nitrogen and oxygen atoms in total. The summed E-state index contributed by atoms with van der Waals surface area (Å²) in [6.07, 6.45) is 0.202. The fourth-order valence-corrected chi connectivity index (χ4v) is 3.30. The van der Waals surface area contributed by atoms with Crippen molar-refractivity contribution in [1.29, 1.82) is 0 Å². The predicted molar refractivity (Wildman–Crippen MR) is 70.9 cm³/mol. The minimum atomic E-state index is -0.841. The molecule has 2 N–H and O–H groups in total. The van der Waals surface area contributed by atoms with Crippen molar-refractivity contribution < 1.29 is 14.4 Å². The van der Waals surface area contributed by atoms with Gasteiger partial charge in [0, 0.05) is 12.8 Å². The molecule has 1 heterocycles. The van der Waals surface area contributed by atoms with Crippen molar-refractivity contribution in [2.45, 2.75) is 56.6 Å². The summed E-state index contributed by atoms with van der Waals surface area (Å²) in [5.74, 6) is -0.935. The van der Waals surface area contributed by atoms with E-state index in [2.05, 4.69) is 0 Å². The van der Waals surface area contributed by atoms with E-state index in [1.807, 2.05) is 13.8 Å². The average molecular weight is 272 g/mol. The molecule has 0 bridgehead atoms. The number of rotatable bonds is 5. The molecule has 1 saturated heterocycles. The lowest BCUT2D eigenvalue weighted by Crippen LogP contribution is -2.50. The highest BCUT2D eigenvalue weighted by Gasteiger charge is 2.46. The molecular weight excluding hydrogens is 252 g/mol. The van der Waals surface area contributed by atoms with Gasteiger partial charge in [0.25, 0.3) is 0 Å². The van der Waals surface area contributed by atoms with E-state index in [1.165, 1.54) is 16.7 Å². The number of carbonyl (C=O) groups excluding carboxylic acids is 3. The van der Waals surface area contributed by atoms with Gasteiger partial charge in [-0.05, 0) is 19.1 Å². The molecule has 0 saturated carbocycles. The van der Waals surface area contributed by atoms with Crippen LogP contribution in [-0.4, -0.2) is 38.7 Å². The summed E-state index contributed by atoms with van der Waals surface area (Å²) >= 11 is 1.48. The van der Waals surface area contributed by atoms with Crippen LogP contribution in [0.25, 0.3) is 0 Å². The third-order valence-corrected chi connectivity index (χ3v) is 4.00. The van der Waals surface area contributed by atoms with Crippen molar-refractivity contribution in [3.63, 3.8) is 0 Å². The number of thioether (sulfide) groups is 1. The maximum Gasteiger partial charge on any atom is 0.243 e. The van der Waals surface area contributed by atoms with Crippen LogP contribution >= 0.6 is 11.8 Å². The molecule has 1 fully saturated rings. The van der Waals surface area contributed by atoms with Crippen LogP contribution in [0.4, 0.5) is 0 Å². The molecule has 1 unspecified atom stereocenters. The predicted octanol–water partition coefficient (Wildman–Crippen LogP) is 0.909. The van der Waals surface area contributed by atoms with Crippen LogP contribution in [-0.2, 0) is 14.4 Å². The van der Waals surface area contributed by atoms with E-state index in [9.17, 15) is 14.4 Å². The largest absolute Gasteiger partial charge is 0.370 e. The summed E-state index contributed by atoms with van der Waals surface area (Å²) in [5, 5.41) is -0.0457. The molecule has 3 amide bonds. The van der Waals surface area contributed by atoms with E-state index in [-0.39, 0.29) is 35.2 Å². The first-order chi connectivity index (χ1) is 8.15. The number of hydrogen-bond acceptors (Lipinski definition) is 4. The highest BCUT2D eigenvalue weighted by molar-refractivity contribution is 8.01. The molecule has 0 aliphatic carbocycles. The molecule has 0 aromatic carbocycles. The van der Waals surface area contributed by atoms with Crippen molar-refractivity contribution >= 4 is 29.5 Å². The number of nitrogens with two attached hydrogens (primary N) is 1. The van der Waals surface area contributed by atoms with Crippen molar-refractivity contribution in [3.8, 4) is 0 Å². The second-order valence-electron chi connectivity index (χ2n) is 5.40. The van der Waals surface area contributed by atoms with Gasteiger partial charge in [0.2, 0.25) is 17.7 Å². The zero-order valence-electron chi connectivity index (χ0n) is 11.2. The Balaban J connectivity index is 2.87. The molecule has 1 rings (SSSR count). The van der Waals surface area contributed by atoms with Crippen LogP contribution in [0.5, 0.6) is 0 Å². The standard InChI is InChI=1S/C12H20N2O3S/c1-7(2)18-8-5-10(16)14(11(8)17)12(3,4)6-9(13)15/h7-8H,5-6H2,1-4H3,(H2,13,15). The van der Waals surface area contributed by atoms with Crippen LogP contribution in [0.3, 0.4) is 0 Å². The minimum absolute atomic E-state index is 0.0104. The van der Waals surface area contributed by atoms with Gasteiger partial charge in [-0.1, -0.05) is 13.8 Å². The van der Waals surface area contributed by atoms with Crippen molar-refractivity contribution in [2.24, 2.45) is 5.73 Å². The summed E-state index contributed by atoms with van der Waals surface area (Å²) in [6, 6.07) is 0. The Bertz CT molecular complexity index is 380. The normalized spacial score (nSPS) is 20.9. The lowest BCUT2D eigenvalue weighted by Gasteiger charge is -2.33. The highest BCUT2D eigenvalue weighted by Crippen LogP contribution is 2.33. The number of primary amides is 1. The Morgan fingerprint density at radius 3 is 2.50 bits per heavy atom. The van der Waals surface area contributed by atoms with Crippen LogP contribution in [0, 0.1) is 0 Å². The van der Waals surface area contributed by atoms with Gasteiger partial charge in [0.1, 0.15) is 0 Å². The Hall–Kier alpha value is -1.04. The Kier molecular flexibility index (Phi) is 4.42. The van der Waals surface area contributed by atoms with Crippen LogP contribution in [0.15, 0.2) is 0 Å². The number of amides is 3. The molecule has 0 radical (unpaired) electrons. The van der Waals surface area contributed by atoms with E-state index < -0.39 is 11.4 Å². The monoisotopic (exact) mass is 272 g/mol. The number of nitrogens with zero attached hydrogens (tertiary/aromatic N) is 1. The van der Waals surface area contributed by atoms with E-state index in [4.69, 9.17) is 5.73 Å². The van der Waals surface area contributed by atoms with Gasteiger partial charge in [0.15, 0.2) is 0 Å². The van der Waals surface area contributed by atoms with Gasteiger partial charge in [-0.2, -0.15) is 0 Å². The SMILES string of the molecule is CC(C)SC1CC(=O)N(C(C)(C)CC(N)=O)C1=O. The second-order valence-corrected chi connectivity index (χ2v) is 7.18. The molecule has 1 atom stereocenters. The first-order valence-electron chi connectivity index (χ1n) is 5.96. The zero-order chi connectivity index (χ0) is 14.1. The fourth-order valence-electron chi connectivity index (χ4n) is 2.18. The summed E-state index contributed by atoms with van der Waals surface area (Å²) in [6.45, 7) is 7.35. The van der Waals surface area contributed by atoms with Crippen molar-refractivity contribution in [2.75, 3.05) is 0 Å². The minimum Gasteiger partial charge on any atom is -0.370 e. The third kappa shape index (κ3) is 3.25. The van der Waals surface area contributed by atoms with Gasteiger partial charge in [-0.15, -0.1) is 11.8 Å². The highest BCUT2D eigenvalue weighted by atomic mass is 32.2. The van der Waals surface area contributed by atoms with Crippen LogP contribution in [0.1, 0.15) is 40.5 Å². The molecule has 1 aliphatic heterocycles. The lowest BCUT2D eigenvalue weighted by atomic mass is 9.98. The Morgan fingerprint density at radius 1 is 1.50 bits per heavy atom. The smallest absolute Gasteiger partial charge is 0.243 e. The third-order valence-electron chi connectivity index (χ3n) is 2.75. The van der Waals surface area contributed by atoms with Gasteiger partial charge >= 0.3 is 0 Å². The van der Waals surface area contributed by atoms with Crippen LogP contribution < -0.4 is 5.73 Å². The molecule has 1 aliphatic rings. The summed E-state index contributed by atoms with van der Waals surface area (Å²) in [7, 11) is 0. The summed E-state index contributed by atoms with van der Waals surface area (Å²) < 4.78 is 0. The van der Waals surface area contributed by atoms with E-state index >= 15 is 0 Å². The molecule has 0 aromatic rings. The topological polar surface area (TPSA) is 80.5 Å². The van der Waals surface area contributed by atoms with Gasteiger partial charge in [-0.3, -0.25) is 19.3 Å². The molecule has 0 aromatic heterocycles. The number of likely N-dealkylation sites (tertiary alicyclic amines) is 1. The van der Waals surface area contributed by atoms with Crippen molar-refractivity contribution in [1.82, 2.24) is 4.90 Å². The van der Waals surface area contributed by atoms with Gasteiger partial charge in [0.05, 0.1) is 10.8 Å². The zero-order valence-corrected chi connectivity index (χ0v) is 12.0. The van der Waals surface area contributed by atoms with Gasteiger partial charge < -0.3 is 5.73 Å². The maximum absolute atomic E-state index is 12.2. The first kappa shape index (κ1) is 15.0. The Labute approximate surface area is 111 Å². The summed E-state index contributed by atoms with van der Waals surface area (Å²) in [4.78, 5) is 36.4. The fraction of sp³-hybridized carbons (Fsp3) is 0.750. The average Bonchev–Trinajstić information content (AvgIpc) is 2.38. The Morgan fingerprint density at radius 2 is 2.06 bits per heavy atom. The first-order valence-corrected chi connectivity index (χ1v) is 6.90. The van der Waals surface area contributed by atoms with E-state index in [0.29, 0.717) is 0 Å². The van der Waals surface area contributed by atoms with Crippen LogP contribution in [0.2, 0.25) is 0 Å². The van der Waals surface area contributed by atoms with E-state index in [1.54, 1.807) is 13.8 Å². The summed E-state index contributed by atoms with van der Waals surface area (Å²) in [5.41, 5.74) is 4.32. The van der Waals surface area contributed by atoms with Crippen molar-refractivity contribution in [3.05, 3.63) is 0 Å². The maximum atomic E-state index is 12.2. The lowest BCUT2D eigenvalue weighted by molar-refractivity contribution is -0.145. The molecule has 6 heteroatoms. The quantitative estimate of drug-likeness (QED) is 0.754. The molecular formula is C12H20N2O3S. The van der Waals surface area contributed by atoms with Gasteiger partial charge in [-0.25, -0.2) is 0 Å². The number of hydrogen-bond donors (Lipinski definition) is 1. The number of imide groups is 1. The second kappa shape index (κ2) is 5.30.